The zero-order valence-corrected chi connectivity index (χ0v) is 42.5. The Kier molecular flexibility index (Phi) is 10.4. The number of para-hydroxylation sites is 7. The number of hydrogen-bond acceptors (Lipinski definition) is 3. The third-order valence-corrected chi connectivity index (χ3v) is 14.9. The van der Waals surface area contributed by atoms with Crippen LogP contribution in [0.1, 0.15) is 52.7 Å². The van der Waals surface area contributed by atoms with Crippen LogP contribution in [0, 0.1) is 0 Å². The number of rotatable bonds is 7. The van der Waals surface area contributed by atoms with Crippen LogP contribution in [0.5, 0.6) is 5.75 Å². The molecule has 13 aromatic rings. The summed E-state index contributed by atoms with van der Waals surface area (Å²) in [5, 5.41) is 17.4. The van der Waals surface area contributed by atoms with E-state index in [0.717, 1.165) is 100 Å². The molecule has 0 fully saturated rings. The highest BCUT2D eigenvalue weighted by Crippen LogP contribution is 2.47. The Bertz CT molecular complexity index is 4330. The fraction of sp³-hybridized carbons (Fsp3) is 0.118. The minimum absolute atomic E-state index is 0.206. The Morgan fingerprint density at radius 3 is 1.62 bits per heavy atom. The first-order chi connectivity index (χ1) is 35.9. The third-order valence-electron chi connectivity index (χ3n) is 14.9. The van der Waals surface area contributed by atoms with Crippen molar-refractivity contribution in [3.05, 3.63) is 230 Å². The van der Waals surface area contributed by atoms with Crippen LogP contribution in [0.4, 0.5) is 0 Å². The molecule has 0 aliphatic rings. The summed E-state index contributed by atoms with van der Waals surface area (Å²) in [6.07, 6.45) is 1.93. The maximum atomic E-state index is 12.7. The lowest BCUT2D eigenvalue weighted by molar-refractivity contribution is 0.446. The van der Waals surface area contributed by atoms with Gasteiger partial charge in [-0.2, -0.15) is 0 Å². The second-order valence-corrected chi connectivity index (χ2v) is 21.6. The van der Waals surface area contributed by atoms with Crippen LogP contribution >= 0.6 is 0 Å². The molecular formula is C68H55N5O. The van der Waals surface area contributed by atoms with Crippen molar-refractivity contribution in [1.82, 2.24) is 23.7 Å². The van der Waals surface area contributed by atoms with E-state index in [4.69, 9.17) is 9.97 Å². The maximum Gasteiger partial charge on any atom is 0.149 e. The molecule has 0 atom stereocenters. The summed E-state index contributed by atoms with van der Waals surface area (Å²) in [6, 6.07) is 75.6. The number of pyridine rings is 1. The smallest absolute Gasteiger partial charge is 0.149 e. The van der Waals surface area contributed by atoms with E-state index in [0.29, 0.717) is 11.4 Å². The molecule has 0 amide bonds. The van der Waals surface area contributed by atoms with Gasteiger partial charge in [0.1, 0.15) is 11.6 Å². The van der Waals surface area contributed by atoms with E-state index in [1.165, 1.54) is 16.3 Å². The SMILES string of the molecule is CC(C)(C)c1cc(-c2nc3c(-c4cccc(-c5cc(-c6cccc7c8ccccc8n(-c8ccccc8)c67)ccn5)c4)cccc3n2-c2cccc3c4ccccc4n(-c4ccccc4)c23)c(O)c(C(C)(C)C)c1. The van der Waals surface area contributed by atoms with Gasteiger partial charge in [0, 0.05) is 61.4 Å². The summed E-state index contributed by atoms with van der Waals surface area (Å²) in [5.41, 5.74) is 17.7. The number of benzene rings is 9. The number of fused-ring (bicyclic) bond motifs is 7. The van der Waals surface area contributed by atoms with Crippen LogP contribution in [0.25, 0.3) is 117 Å². The van der Waals surface area contributed by atoms with Gasteiger partial charge in [0.2, 0.25) is 0 Å². The average Bonchev–Trinajstić information content (AvgIpc) is 4.10. The molecular weight excluding hydrogens is 903 g/mol. The number of phenolic OH excluding ortho intramolecular Hbond substituents is 1. The van der Waals surface area contributed by atoms with E-state index < -0.39 is 0 Å². The third kappa shape index (κ3) is 7.23. The van der Waals surface area contributed by atoms with Gasteiger partial charge >= 0.3 is 0 Å². The van der Waals surface area contributed by atoms with Gasteiger partial charge in [-0.25, -0.2) is 4.98 Å². The van der Waals surface area contributed by atoms with Crippen LogP contribution < -0.4 is 0 Å². The monoisotopic (exact) mass is 957 g/mol. The first kappa shape index (κ1) is 44.9. The van der Waals surface area contributed by atoms with Crippen molar-refractivity contribution in [2.24, 2.45) is 0 Å². The van der Waals surface area contributed by atoms with Crippen molar-refractivity contribution in [1.29, 1.82) is 0 Å². The number of phenols is 1. The Morgan fingerprint density at radius 2 is 0.946 bits per heavy atom. The topological polar surface area (TPSA) is 60.8 Å². The predicted molar refractivity (Wildman–Crippen MR) is 308 cm³/mol. The number of aromatic hydroxyl groups is 1. The molecule has 74 heavy (non-hydrogen) atoms. The van der Waals surface area contributed by atoms with Gasteiger partial charge in [-0.15, -0.1) is 0 Å². The first-order valence-electron chi connectivity index (χ1n) is 25.5. The van der Waals surface area contributed by atoms with Crippen LogP contribution in [-0.2, 0) is 10.8 Å². The Morgan fingerprint density at radius 1 is 0.405 bits per heavy atom. The van der Waals surface area contributed by atoms with Gasteiger partial charge in [0.25, 0.3) is 0 Å². The highest BCUT2D eigenvalue weighted by atomic mass is 16.3. The van der Waals surface area contributed by atoms with Gasteiger partial charge in [-0.05, 0) is 100 Å². The van der Waals surface area contributed by atoms with Gasteiger partial charge < -0.3 is 14.2 Å². The lowest BCUT2D eigenvalue weighted by atomic mass is 9.79. The normalized spacial score (nSPS) is 12.2. The maximum absolute atomic E-state index is 12.7. The summed E-state index contributed by atoms with van der Waals surface area (Å²) in [6.45, 7) is 13.2. The number of hydrogen-bond donors (Lipinski definition) is 1. The number of imidazole rings is 1. The minimum Gasteiger partial charge on any atom is -0.507 e. The highest BCUT2D eigenvalue weighted by Gasteiger charge is 2.30. The Hall–Kier alpha value is -9.00. The number of nitrogens with zero attached hydrogens (tertiary/aromatic N) is 5. The summed E-state index contributed by atoms with van der Waals surface area (Å²) in [5.74, 6) is 0.915. The van der Waals surface area contributed by atoms with Crippen molar-refractivity contribution in [2.45, 2.75) is 52.4 Å². The van der Waals surface area contributed by atoms with Gasteiger partial charge in [0.05, 0.1) is 50.0 Å². The molecule has 0 spiro atoms. The summed E-state index contributed by atoms with van der Waals surface area (Å²) >= 11 is 0. The lowest BCUT2D eigenvalue weighted by Gasteiger charge is -2.27. The predicted octanol–water partition coefficient (Wildman–Crippen LogP) is 17.6. The molecule has 0 radical (unpaired) electrons. The molecule has 6 heteroatoms. The van der Waals surface area contributed by atoms with Crippen molar-refractivity contribution in [3.8, 4) is 67.7 Å². The highest BCUT2D eigenvalue weighted by molar-refractivity contribution is 6.14. The molecule has 0 aliphatic carbocycles. The second kappa shape index (κ2) is 17.1. The van der Waals surface area contributed by atoms with Gasteiger partial charge in [0.15, 0.2) is 0 Å². The summed E-state index contributed by atoms with van der Waals surface area (Å²) in [4.78, 5) is 10.7. The molecule has 0 unspecified atom stereocenters. The van der Waals surface area contributed by atoms with Crippen molar-refractivity contribution >= 4 is 54.6 Å². The van der Waals surface area contributed by atoms with E-state index in [2.05, 4.69) is 268 Å². The molecule has 0 saturated heterocycles. The first-order valence-corrected chi connectivity index (χ1v) is 25.5. The average molecular weight is 958 g/mol. The quantitative estimate of drug-likeness (QED) is 0.173. The van der Waals surface area contributed by atoms with Gasteiger partial charge in [-0.1, -0.05) is 181 Å². The fourth-order valence-corrected chi connectivity index (χ4v) is 11.3. The molecule has 0 saturated carbocycles. The standard InChI is InChI=1S/C68H55N5O/c1-67(2,3)46-41-55(65(74)56(42-46)68(4,5)6)66-70-62-49(29-19-35-60(62)73(66)61-36-20-32-54-52-28-14-16-34-59(52)72(64(54)61)48-25-11-8-12-26-48)43-21-17-22-45(39-43)57-40-44(37-38-69-57)50-30-18-31-53-51-27-13-15-33-58(51)71(63(50)53)47-23-9-7-10-24-47/h7-42,74H,1-6H3. The van der Waals surface area contributed by atoms with Crippen LogP contribution in [0.15, 0.2) is 219 Å². The largest absolute Gasteiger partial charge is 0.507 e. The fourth-order valence-electron chi connectivity index (χ4n) is 11.3. The van der Waals surface area contributed by atoms with Crippen LogP contribution in [-0.4, -0.2) is 28.8 Å². The lowest BCUT2D eigenvalue weighted by Crippen LogP contribution is -2.17. The Balaban J connectivity index is 1.03. The number of aromatic nitrogens is 5. The molecule has 358 valence electrons. The molecule has 0 bridgehead atoms. The van der Waals surface area contributed by atoms with E-state index >= 15 is 0 Å². The molecule has 0 aliphatic heterocycles. The molecule has 13 rings (SSSR count). The molecule has 6 nitrogen and oxygen atoms in total. The van der Waals surface area contributed by atoms with E-state index in [1.807, 2.05) is 6.20 Å². The van der Waals surface area contributed by atoms with Crippen molar-refractivity contribution in [2.75, 3.05) is 0 Å². The second-order valence-electron chi connectivity index (χ2n) is 21.6. The molecule has 4 aromatic heterocycles. The van der Waals surface area contributed by atoms with Gasteiger partial charge in [-0.3, -0.25) is 9.55 Å². The molecule has 1 N–H and O–H groups in total. The van der Waals surface area contributed by atoms with E-state index in [9.17, 15) is 5.11 Å². The van der Waals surface area contributed by atoms with E-state index in [-0.39, 0.29) is 16.6 Å². The summed E-state index contributed by atoms with van der Waals surface area (Å²) in [7, 11) is 0. The van der Waals surface area contributed by atoms with Crippen molar-refractivity contribution < 1.29 is 5.11 Å². The van der Waals surface area contributed by atoms with E-state index in [1.54, 1.807) is 0 Å². The molecule has 9 aromatic carbocycles. The van der Waals surface area contributed by atoms with Crippen molar-refractivity contribution in [3.63, 3.8) is 0 Å². The minimum atomic E-state index is -0.347. The molecule has 4 heterocycles. The van der Waals surface area contributed by atoms with Crippen LogP contribution in [0.3, 0.4) is 0 Å². The Labute approximate surface area is 431 Å². The summed E-state index contributed by atoms with van der Waals surface area (Å²) < 4.78 is 7.05. The van der Waals surface area contributed by atoms with Crippen LogP contribution in [0.2, 0.25) is 0 Å². The zero-order valence-electron chi connectivity index (χ0n) is 42.5. The zero-order chi connectivity index (χ0) is 50.5.